The Morgan fingerprint density at radius 2 is 1.67 bits per heavy atom. The zero-order chi connectivity index (χ0) is 18.5. The van der Waals surface area contributed by atoms with Crippen molar-refractivity contribution in [1.82, 2.24) is 9.80 Å². The molecule has 1 aromatic heterocycles. The lowest BCUT2D eigenvalue weighted by atomic mass is 9.85. The summed E-state index contributed by atoms with van der Waals surface area (Å²) < 4.78 is 11.3. The summed E-state index contributed by atoms with van der Waals surface area (Å²) in [5, 5.41) is 0. The van der Waals surface area contributed by atoms with E-state index in [0.29, 0.717) is 74.0 Å². The van der Waals surface area contributed by atoms with Crippen LogP contribution in [-0.4, -0.2) is 60.2 Å². The monoisotopic (exact) mass is 366 g/mol. The predicted octanol–water partition coefficient (Wildman–Crippen LogP) is 2.14. The molecule has 0 saturated carbocycles. The van der Waals surface area contributed by atoms with Crippen LogP contribution < -0.4 is 0 Å². The highest BCUT2D eigenvalue weighted by molar-refractivity contribution is 6.53. The highest BCUT2D eigenvalue weighted by Crippen LogP contribution is 2.40. The highest BCUT2D eigenvalue weighted by Gasteiger charge is 2.39. The van der Waals surface area contributed by atoms with Crippen molar-refractivity contribution in [3.8, 4) is 11.3 Å². The average Bonchev–Trinajstić information content (AvgIpc) is 3.11. The number of ether oxygens (including phenoxy) is 1. The van der Waals surface area contributed by atoms with Gasteiger partial charge in [-0.3, -0.25) is 9.59 Å². The van der Waals surface area contributed by atoms with Gasteiger partial charge < -0.3 is 19.0 Å². The SMILES string of the molecule is O=C1C(=O)c2c(oc3c2CCN(C(=O)N2CCOCC2)C3)-c2ccccc21. The van der Waals surface area contributed by atoms with Gasteiger partial charge in [-0.15, -0.1) is 0 Å². The number of rotatable bonds is 0. The van der Waals surface area contributed by atoms with Gasteiger partial charge in [-0.05, 0) is 6.42 Å². The summed E-state index contributed by atoms with van der Waals surface area (Å²) >= 11 is 0. The fraction of sp³-hybridized carbons (Fsp3) is 0.350. The Hall–Kier alpha value is -2.93. The molecule has 1 aliphatic carbocycles. The highest BCUT2D eigenvalue weighted by atomic mass is 16.5. The second-order valence-electron chi connectivity index (χ2n) is 6.97. The van der Waals surface area contributed by atoms with Crippen molar-refractivity contribution in [3.05, 3.63) is 46.7 Å². The summed E-state index contributed by atoms with van der Waals surface area (Å²) in [6.45, 7) is 3.06. The molecule has 2 aromatic rings. The summed E-state index contributed by atoms with van der Waals surface area (Å²) in [6.07, 6.45) is 0.505. The van der Waals surface area contributed by atoms with Crippen molar-refractivity contribution in [2.75, 3.05) is 32.8 Å². The maximum Gasteiger partial charge on any atom is 0.320 e. The van der Waals surface area contributed by atoms with Gasteiger partial charge in [-0.25, -0.2) is 4.79 Å². The van der Waals surface area contributed by atoms with Gasteiger partial charge in [0.1, 0.15) is 11.5 Å². The molecule has 0 atom stereocenters. The number of fused-ring (bicyclic) bond motifs is 5. The Morgan fingerprint density at radius 1 is 0.926 bits per heavy atom. The number of ketones is 2. The summed E-state index contributed by atoms with van der Waals surface area (Å²) in [5.74, 6) is 0.0572. The number of benzene rings is 1. The lowest BCUT2D eigenvalue weighted by Gasteiger charge is -2.34. The zero-order valence-corrected chi connectivity index (χ0v) is 14.7. The van der Waals surface area contributed by atoms with Gasteiger partial charge in [0.05, 0.1) is 25.3 Å². The first-order chi connectivity index (χ1) is 13.1. The molecule has 0 unspecified atom stereocenters. The number of amides is 2. The maximum absolute atomic E-state index is 12.8. The molecule has 0 N–H and O–H groups in total. The number of nitrogens with zero attached hydrogens (tertiary/aromatic N) is 2. The molecular weight excluding hydrogens is 348 g/mol. The van der Waals surface area contributed by atoms with Crippen LogP contribution >= 0.6 is 0 Å². The van der Waals surface area contributed by atoms with E-state index in [1.807, 2.05) is 6.07 Å². The normalized spacial score (nSPS) is 18.8. The minimum absolute atomic E-state index is 0.0406. The topological polar surface area (TPSA) is 80.1 Å². The first-order valence-corrected chi connectivity index (χ1v) is 9.09. The molecule has 27 heavy (non-hydrogen) atoms. The number of carbonyl (C=O) groups is 3. The molecule has 2 aliphatic heterocycles. The lowest BCUT2D eigenvalue weighted by Crippen LogP contribution is -2.49. The fourth-order valence-electron chi connectivity index (χ4n) is 4.07. The van der Waals surface area contributed by atoms with E-state index in [-0.39, 0.29) is 6.03 Å². The maximum atomic E-state index is 12.8. The van der Waals surface area contributed by atoms with Crippen molar-refractivity contribution in [3.63, 3.8) is 0 Å². The number of hydrogen-bond acceptors (Lipinski definition) is 5. The van der Waals surface area contributed by atoms with Crippen molar-refractivity contribution < 1.29 is 23.5 Å². The van der Waals surface area contributed by atoms with E-state index in [1.165, 1.54) is 0 Å². The number of morpholine rings is 1. The summed E-state index contributed by atoms with van der Waals surface area (Å²) in [5.41, 5.74) is 2.18. The van der Waals surface area contributed by atoms with Crippen molar-refractivity contribution in [1.29, 1.82) is 0 Å². The van der Waals surface area contributed by atoms with Crippen molar-refractivity contribution >= 4 is 17.6 Å². The van der Waals surface area contributed by atoms with Crippen LogP contribution in [0.3, 0.4) is 0 Å². The lowest BCUT2D eigenvalue weighted by molar-refractivity contribution is 0.0415. The van der Waals surface area contributed by atoms with Gasteiger partial charge in [-0.2, -0.15) is 0 Å². The Bertz CT molecular complexity index is 971. The Morgan fingerprint density at radius 3 is 2.44 bits per heavy atom. The van der Waals surface area contributed by atoms with Crippen molar-refractivity contribution in [2.24, 2.45) is 0 Å². The number of urea groups is 1. The van der Waals surface area contributed by atoms with Crippen LogP contribution in [0.4, 0.5) is 4.79 Å². The first-order valence-electron chi connectivity index (χ1n) is 9.09. The molecule has 0 bridgehead atoms. The average molecular weight is 366 g/mol. The molecule has 3 heterocycles. The minimum atomic E-state index is -0.512. The standard InChI is InChI=1S/C20H18N2O5/c23-17-12-3-1-2-4-13(12)19-16(18(17)24)14-5-6-22(11-15(14)27-19)20(25)21-7-9-26-10-8-21/h1-4H,5-11H2. The molecule has 0 spiro atoms. The van der Waals surface area contributed by atoms with Gasteiger partial charge in [0.2, 0.25) is 11.6 Å². The molecule has 1 aromatic carbocycles. The molecule has 2 amide bonds. The molecule has 0 radical (unpaired) electrons. The zero-order valence-electron chi connectivity index (χ0n) is 14.7. The summed E-state index contributed by atoms with van der Waals surface area (Å²) in [6, 6.07) is 6.96. The quantitative estimate of drug-likeness (QED) is 0.668. The van der Waals surface area contributed by atoms with Gasteiger partial charge in [0.25, 0.3) is 0 Å². The fourth-order valence-corrected chi connectivity index (χ4v) is 4.07. The Kier molecular flexibility index (Phi) is 3.65. The molecule has 1 fully saturated rings. The van der Waals surface area contributed by atoms with Gasteiger partial charge in [0, 0.05) is 36.3 Å². The van der Waals surface area contributed by atoms with Crippen LogP contribution in [0.25, 0.3) is 11.3 Å². The van der Waals surface area contributed by atoms with E-state index < -0.39 is 11.6 Å². The number of carbonyl (C=O) groups excluding carboxylic acids is 3. The molecule has 3 aliphatic rings. The second-order valence-corrected chi connectivity index (χ2v) is 6.97. The van der Waals surface area contributed by atoms with E-state index >= 15 is 0 Å². The van der Waals surface area contributed by atoms with Crippen LogP contribution in [0.1, 0.15) is 32.0 Å². The summed E-state index contributed by atoms with van der Waals surface area (Å²) in [4.78, 5) is 41.4. The third kappa shape index (κ3) is 2.42. The number of furan rings is 1. The van der Waals surface area contributed by atoms with Crippen LogP contribution in [0.5, 0.6) is 0 Å². The van der Waals surface area contributed by atoms with E-state index in [1.54, 1.807) is 28.0 Å². The first kappa shape index (κ1) is 16.3. The molecular formula is C20H18N2O5. The van der Waals surface area contributed by atoms with E-state index in [9.17, 15) is 14.4 Å². The van der Waals surface area contributed by atoms with Gasteiger partial charge in [0.15, 0.2) is 0 Å². The molecule has 5 rings (SSSR count). The van der Waals surface area contributed by atoms with E-state index in [4.69, 9.17) is 9.15 Å². The molecule has 138 valence electrons. The Balaban J connectivity index is 1.50. The van der Waals surface area contributed by atoms with Crippen molar-refractivity contribution in [2.45, 2.75) is 13.0 Å². The van der Waals surface area contributed by atoms with Crippen LogP contribution in [0.2, 0.25) is 0 Å². The number of hydrogen-bond donors (Lipinski definition) is 0. The molecule has 1 saturated heterocycles. The second kappa shape index (κ2) is 6.06. The van der Waals surface area contributed by atoms with Crippen LogP contribution in [0.15, 0.2) is 28.7 Å². The smallest absolute Gasteiger partial charge is 0.320 e. The largest absolute Gasteiger partial charge is 0.458 e. The van der Waals surface area contributed by atoms with Gasteiger partial charge >= 0.3 is 6.03 Å². The van der Waals surface area contributed by atoms with Gasteiger partial charge in [-0.1, -0.05) is 24.3 Å². The predicted molar refractivity (Wildman–Crippen MR) is 94.7 cm³/mol. The number of Topliss-reactive ketones (excluding diaryl/α,β-unsaturated/α-hetero) is 2. The third-order valence-corrected chi connectivity index (χ3v) is 5.46. The molecule has 7 nitrogen and oxygen atoms in total. The van der Waals surface area contributed by atoms with E-state index in [2.05, 4.69) is 0 Å². The minimum Gasteiger partial charge on any atom is -0.458 e. The summed E-state index contributed by atoms with van der Waals surface area (Å²) in [7, 11) is 0. The van der Waals surface area contributed by atoms with Crippen LogP contribution in [0, 0.1) is 0 Å². The Labute approximate surface area is 155 Å². The van der Waals surface area contributed by atoms with E-state index in [0.717, 1.165) is 5.56 Å². The third-order valence-electron chi connectivity index (χ3n) is 5.46. The van der Waals surface area contributed by atoms with Crippen LogP contribution in [-0.2, 0) is 17.7 Å². The molecule has 7 heteroatoms.